The molecular formula is C25H30N2O2. The van der Waals surface area contributed by atoms with Crippen LogP contribution in [0.5, 0.6) is 0 Å². The Balaban J connectivity index is 2.35. The Kier molecular flexibility index (Phi) is 5.02. The van der Waals surface area contributed by atoms with E-state index in [9.17, 15) is 9.59 Å². The van der Waals surface area contributed by atoms with E-state index in [4.69, 9.17) is 4.99 Å². The summed E-state index contributed by atoms with van der Waals surface area (Å²) in [6, 6.07) is 3.57. The average Bonchev–Trinajstić information content (AvgIpc) is 2.58. The van der Waals surface area contributed by atoms with Crippen LogP contribution in [0.4, 0.5) is 5.69 Å². The molecule has 1 aliphatic rings. The second kappa shape index (κ2) is 6.94. The molecule has 2 aromatic rings. The second-order valence-electron chi connectivity index (χ2n) is 9.93. The number of carbonyl (C=O) groups is 1. The Morgan fingerprint density at radius 1 is 0.862 bits per heavy atom. The fourth-order valence-corrected chi connectivity index (χ4v) is 3.75. The van der Waals surface area contributed by atoms with E-state index in [0.29, 0.717) is 16.8 Å². The smallest absolute Gasteiger partial charge is 0.191 e. The van der Waals surface area contributed by atoms with Gasteiger partial charge in [-0.1, -0.05) is 47.6 Å². The number of H-pyrrole nitrogens is 1. The molecule has 0 bridgehead atoms. The maximum Gasteiger partial charge on any atom is 0.191 e. The summed E-state index contributed by atoms with van der Waals surface area (Å²) in [5, 5.41) is 0.589. The highest BCUT2D eigenvalue weighted by Crippen LogP contribution is 2.38. The van der Waals surface area contributed by atoms with Crippen LogP contribution in [0.25, 0.3) is 10.9 Å². The van der Waals surface area contributed by atoms with Gasteiger partial charge in [0.1, 0.15) is 0 Å². The van der Waals surface area contributed by atoms with Gasteiger partial charge in [0.15, 0.2) is 11.2 Å². The molecule has 4 nitrogen and oxygen atoms in total. The summed E-state index contributed by atoms with van der Waals surface area (Å²) in [7, 11) is 0. The quantitative estimate of drug-likeness (QED) is 0.631. The summed E-state index contributed by atoms with van der Waals surface area (Å²) in [5.74, 6) is 0.0762. The minimum atomic E-state index is -0.301. The molecule has 0 saturated heterocycles. The number of pyridine rings is 1. The summed E-state index contributed by atoms with van der Waals surface area (Å²) in [5.41, 5.74) is 4.93. The number of aryl methyl sites for hydroxylation is 2. The van der Waals surface area contributed by atoms with Crippen molar-refractivity contribution >= 4 is 28.1 Å². The summed E-state index contributed by atoms with van der Waals surface area (Å²) >= 11 is 0. The number of ketones is 1. The Hall–Kier alpha value is -2.75. The topological polar surface area (TPSA) is 62.3 Å². The van der Waals surface area contributed by atoms with Crippen molar-refractivity contribution in [3.05, 3.63) is 63.0 Å². The van der Waals surface area contributed by atoms with Crippen LogP contribution in [0.3, 0.4) is 0 Å². The lowest BCUT2D eigenvalue weighted by Crippen LogP contribution is -2.29. The maximum atomic E-state index is 13.1. The molecule has 0 amide bonds. The van der Waals surface area contributed by atoms with E-state index in [-0.39, 0.29) is 22.0 Å². The number of nitrogens with zero attached hydrogens (tertiary/aromatic N) is 1. The molecule has 1 aromatic carbocycles. The van der Waals surface area contributed by atoms with E-state index >= 15 is 0 Å². The van der Waals surface area contributed by atoms with Crippen LogP contribution in [0, 0.1) is 24.7 Å². The number of Topliss-reactive ketones (excluding diaryl/α,β-unsaturated/α-hetero) is 1. The monoisotopic (exact) mass is 390 g/mol. The molecule has 0 fully saturated rings. The molecule has 0 aliphatic heterocycles. The van der Waals surface area contributed by atoms with E-state index in [0.717, 1.165) is 27.8 Å². The number of fused-ring (bicyclic) bond motifs is 1. The molecule has 4 heteroatoms. The number of carbonyl (C=O) groups excluding carboxylic acids is 1. The number of benzene rings is 1. The highest BCUT2D eigenvalue weighted by atomic mass is 16.1. The summed E-state index contributed by atoms with van der Waals surface area (Å²) in [6.07, 6.45) is 5.41. The molecule has 0 spiro atoms. The third-order valence-corrected chi connectivity index (χ3v) is 5.33. The van der Waals surface area contributed by atoms with Crippen LogP contribution in [0.1, 0.15) is 52.7 Å². The lowest BCUT2D eigenvalue weighted by Gasteiger charge is -2.31. The fraction of sp³-hybridized carbons (Fsp3) is 0.400. The zero-order chi connectivity index (χ0) is 21.7. The van der Waals surface area contributed by atoms with Crippen LogP contribution in [-0.4, -0.2) is 16.5 Å². The van der Waals surface area contributed by atoms with E-state index in [1.807, 2.05) is 73.6 Å². The SMILES string of the molecule is Cc1cc(C)c2[nH]ccc(=O)c2c1N=C1C=C(C(C)(C)C)C(=O)C(C(C)(C)C)=C1. The van der Waals surface area contributed by atoms with Gasteiger partial charge in [0.25, 0.3) is 0 Å². The number of rotatable bonds is 1. The predicted molar refractivity (Wildman–Crippen MR) is 121 cm³/mol. The van der Waals surface area contributed by atoms with Gasteiger partial charge < -0.3 is 4.98 Å². The standard InChI is InChI=1S/C25H30N2O2/c1-14-11-15(2)22(20-19(28)9-10-26-21(14)20)27-16-12-17(24(3,4)5)23(29)18(13-16)25(6,7)8/h9-13H,1-8H3,(H,26,28). The lowest BCUT2D eigenvalue weighted by atomic mass is 9.72. The Bertz CT molecular complexity index is 1120. The Morgan fingerprint density at radius 2 is 1.41 bits per heavy atom. The van der Waals surface area contributed by atoms with Crippen molar-refractivity contribution in [3.63, 3.8) is 0 Å². The number of nitrogens with one attached hydrogen (secondary N) is 1. The predicted octanol–water partition coefficient (Wildman–Crippen LogP) is 5.75. The van der Waals surface area contributed by atoms with Crippen molar-refractivity contribution in [3.8, 4) is 0 Å². The molecule has 1 aromatic heterocycles. The molecular weight excluding hydrogens is 360 g/mol. The van der Waals surface area contributed by atoms with Crippen LogP contribution in [-0.2, 0) is 4.79 Å². The number of allylic oxidation sites excluding steroid dienone is 4. The molecule has 0 unspecified atom stereocenters. The molecule has 1 aliphatic carbocycles. The van der Waals surface area contributed by atoms with E-state index < -0.39 is 0 Å². The third kappa shape index (κ3) is 3.89. The van der Waals surface area contributed by atoms with E-state index in [1.165, 1.54) is 6.07 Å². The number of aliphatic imine (C=N–C) groups is 1. The van der Waals surface area contributed by atoms with Crippen molar-refractivity contribution in [2.45, 2.75) is 55.4 Å². The van der Waals surface area contributed by atoms with E-state index in [1.54, 1.807) is 6.20 Å². The first-order chi connectivity index (χ1) is 13.3. The van der Waals surface area contributed by atoms with Crippen molar-refractivity contribution in [1.82, 2.24) is 4.98 Å². The Morgan fingerprint density at radius 3 is 1.93 bits per heavy atom. The molecule has 152 valence electrons. The lowest BCUT2D eigenvalue weighted by molar-refractivity contribution is -0.114. The first kappa shape index (κ1) is 21.0. The van der Waals surface area contributed by atoms with Crippen LogP contribution >= 0.6 is 0 Å². The highest BCUT2D eigenvalue weighted by molar-refractivity contribution is 6.23. The molecule has 1 heterocycles. The maximum absolute atomic E-state index is 13.1. The van der Waals surface area contributed by atoms with Crippen LogP contribution in [0.15, 0.2) is 51.4 Å². The van der Waals surface area contributed by atoms with Gasteiger partial charge in [-0.25, -0.2) is 4.99 Å². The van der Waals surface area contributed by atoms with Crippen LogP contribution in [0.2, 0.25) is 0 Å². The van der Waals surface area contributed by atoms with Gasteiger partial charge in [0, 0.05) is 23.4 Å². The minimum absolute atomic E-state index is 0.0585. The molecule has 3 rings (SSSR count). The van der Waals surface area contributed by atoms with Crippen molar-refractivity contribution in [1.29, 1.82) is 0 Å². The third-order valence-electron chi connectivity index (χ3n) is 5.33. The highest BCUT2D eigenvalue weighted by Gasteiger charge is 2.34. The molecule has 0 atom stereocenters. The van der Waals surface area contributed by atoms with Crippen molar-refractivity contribution in [2.75, 3.05) is 0 Å². The molecule has 1 N–H and O–H groups in total. The number of aromatic amines is 1. The van der Waals surface area contributed by atoms with Gasteiger partial charge in [0.2, 0.25) is 0 Å². The van der Waals surface area contributed by atoms with Gasteiger partial charge in [-0.3, -0.25) is 9.59 Å². The van der Waals surface area contributed by atoms with Gasteiger partial charge >= 0.3 is 0 Å². The normalized spacial score (nSPS) is 15.4. The van der Waals surface area contributed by atoms with E-state index in [2.05, 4.69) is 4.98 Å². The fourth-order valence-electron chi connectivity index (χ4n) is 3.75. The zero-order valence-electron chi connectivity index (χ0n) is 18.7. The first-order valence-corrected chi connectivity index (χ1v) is 10.00. The summed E-state index contributed by atoms with van der Waals surface area (Å²) in [6.45, 7) is 16.2. The number of hydrogen-bond acceptors (Lipinski definition) is 3. The summed E-state index contributed by atoms with van der Waals surface area (Å²) < 4.78 is 0. The minimum Gasteiger partial charge on any atom is -0.361 e. The zero-order valence-corrected chi connectivity index (χ0v) is 18.7. The van der Waals surface area contributed by atoms with Crippen LogP contribution < -0.4 is 5.43 Å². The second-order valence-corrected chi connectivity index (χ2v) is 9.93. The average molecular weight is 391 g/mol. The Labute approximate surface area is 172 Å². The molecule has 0 radical (unpaired) electrons. The van der Waals surface area contributed by atoms with Gasteiger partial charge in [-0.05, 0) is 48.0 Å². The first-order valence-electron chi connectivity index (χ1n) is 10.00. The largest absolute Gasteiger partial charge is 0.361 e. The number of aromatic nitrogens is 1. The van der Waals surface area contributed by atoms with Gasteiger partial charge in [-0.2, -0.15) is 0 Å². The molecule has 0 saturated carbocycles. The van der Waals surface area contributed by atoms with Gasteiger partial charge in [-0.15, -0.1) is 0 Å². The van der Waals surface area contributed by atoms with Crippen molar-refractivity contribution < 1.29 is 4.79 Å². The number of hydrogen-bond donors (Lipinski definition) is 1. The summed E-state index contributed by atoms with van der Waals surface area (Å²) in [4.78, 5) is 33.9. The molecule has 29 heavy (non-hydrogen) atoms. The van der Waals surface area contributed by atoms with Crippen molar-refractivity contribution in [2.24, 2.45) is 15.8 Å². The van der Waals surface area contributed by atoms with Gasteiger partial charge in [0.05, 0.1) is 22.3 Å².